The van der Waals surface area contributed by atoms with Crippen molar-refractivity contribution in [3.8, 4) is 11.3 Å². The van der Waals surface area contributed by atoms with Crippen molar-refractivity contribution >= 4 is 17.7 Å². The van der Waals surface area contributed by atoms with E-state index in [0.29, 0.717) is 5.16 Å². The molecule has 0 saturated heterocycles. The number of hydrogen-bond acceptors (Lipinski definition) is 5. The summed E-state index contributed by atoms with van der Waals surface area (Å²) in [6.45, 7) is 0.152. The first kappa shape index (κ1) is 15.2. The number of benzene rings is 1. The molecule has 2 aromatic rings. The van der Waals surface area contributed by atoms with Gasteiger partial charge in [0.15, 0.2) is 5.16 Å². The topological polar surface area (TPSA) is 75.0 Å². The Morgan fingerprint density at radius 2 is 2.04 bits per heavy atom. The molecular weight excluding hydrogens is 336 g/mol. The normalized spacial score (nSPS) is 22.5. The maximum Gasteiger partial charge on any atom is 0.258 e. The predicted octanol–water partition coefficient (Wildman–Crippen LogP) is 1.50. The molecule has 5 rings (SSSR count). The highest BCUT2D eigenvalue weighted by molar-refractivity contribution is 8.00. The summed E-state index contributed by atoms with van der Waals surface area (Å²) in [5, 5.41) is 11.0. The van der Waals surface area contributed by atoms with Crippen molar-refractivity contribution in [2.75, 3.05) is 0 Å². The largest absolute Gasteiger partial charge is 0.549 e. The minimum absolute atomic E-state index is 0.0485. The first-order chi connectivity index (χ1) is 12.1. The maximum atomic E-state index is 13.3. The van der Waals surface area contributed by atoms with Crippen molar-refractivity contribution in [1.29, 1.82) is 0 Å². The van der Waals surface area contributed by atoms with Crippen LogP contribution in [0.5, 0.6) is 0 Å². The second-order valence-electron chi connectivity index (χ2n) is 7.28. The fraction of sp³-hybridized carbons (Fsp3) is 0.421. The molecule has 0 bridgehead atoms. The lowest BCUT2D eigenvalue weighted by Crippen LogP contribution is -2.40. The molecule has 0 N–H and O–H groups in total. The number of carboxylic acid groups (broad SMARTS) is 1. The quantitative estimate of drug-likeness (QED) is 0.727. The Kier molecular flexibility index (Phi) is 3.17. The SMILES string of the molecule is O=C([O-])C1Cn2c(nc3c(c2=O)C2(CCCC2)Cc2ccccc2-3)S1. The summed E-state index contributed by atoms with van der Waals surface area (Å²) < 4.78 is 1.55. The van der Waals surface area contributed by atoms with E-state index >= 15 is 0 Å². The zero-order chi connectivity index (χ0) is 17.2. The zero-order valence-corrected chi connectivity index (χ0v) is 14.5. The highest BCUT2D eigenvalue weighted by atomic mass is 32.2. The number of rotatable bonds is 1. The molecule has 1 fully saturated rings. The van der Waals surface area contributed by atoms with Gasteiger partial charge in [0, 0.05) is 17.5 Å². The van der Waals surface area contributed by atoms with Crippen LogP contribution < -0.4 is 10.7 Å². The lowest BCUT2D eigenvalue weighted by molar-refractivity contribution is -0.304. The first-order valence-corrected chi connectivity index (χ1v) is 9.58. The third-order valence-corrected chi connectivity index (χ3v) is 7.03. The lowest BCUT2D eigenvalue weighted by atomic mass is 9.68. The van der Waals surface area contributed by atoms with Crippen molar-refractivity contribution in [3.63, 3.8) is 0 Å². The molecule has 1 saturated carbocycles. The van der Waals surface area contributed by atoms with Crippen molar-refractivity contribution in [2.24, 2.45) is 0 Å². The van der Waals surface area contributed by atoms with Crippen LogP contribution in [0.2, 0.25) is 0 Å². The van der Waals surface area contributed by atoms with Gasteiger partial charge in [-0.1, -0.05) is 48.9 Å². The van der Waals surface area contributed by atoms with Gasteiger partial charge >= 0.3 is 0 Å². The Bertz CT molecular complexity index is 960. The summed E-state index contributed by atoms with van der Waals surface area (Å²) in [4.78, 5) is 29.4. The molecule has 25 heavy (non-hydrogen) atoms. The van der Waals surface area contributed by atoms with Crippen LogP contribution in [0.25, 0.3) is 11.3 Å². The molecule has 1 aliphatic heterocycles. The first-order valence-electron chi connectivity index (χ1n) is 8.70. The summed E-state index contributed by atoms with van der Waals surface area (Å²) >= 11 is 1.13. The molecule has 1 aromatic carbocycles. The molecule has 0 radical (unpaired) electrons. The average Bonchev–Trinajstić information content (AvgIpc) is 3.22. The van der Waals surface area contributed by atoms with Gasteiger partial charge in [-0.2, -0.15) is 0 Å². The van der Waals surface area contributed by atoms with E-state index in [4.69, 9.17) is 4.98 Å². The number of thioether (sulfide) groups is 1. The number of carbonyl (C=O) groups is 1. The van der Waals surface area contributed by atoms with Crippen LogP contribution in [-0.2, 0) is 23.2 Å². The van der Waals surface area contributed by atoms with Gasteiger partial charge in [0.2, 0.25) is 0 Å². The van der Waals surface area contributed by atoms with Gasteiger partial charge in [-0.3, -0.25) is 9.36 Å². The standard InChI is InChI=1S/C19H18N2O3S/c22-16-14-15(20-18-21(16)10-13(25-18)17(23)24)12-6-2-1-5-11(12)9-19(14)7-3-4-8-19/h1-2,5-6,13H,3-4,7-10H2,(H,23,24)/p-1. The van der Waals surface area contributed by atoms with Crippen LogP contribution in [0.3, 0.4) is 0 Å². The van der Waals surface area contributed by atoms with Crippen LogP contribution in [0.4, 0.5) is 0 Å². The minimum atomic E-state index is -1.14. The van der Waals surface area contributed by atoms with Crippen LogP contribution in [0.15, 0.2) is 34.2 Å². The molecule has 5 nitrogen and oxygen atoms in total. The summed E-state index contributed by atoms with van der Waals surface area (Å²) in [5.41, 5.74) is 3.66. The van der Waals surface area contributed by atoms with E-state index < -0.39 is 11.2 Å². The van der Waals surface area contributed by atoms with Crippen molar-refractivity contribution in [3.05, 3.63) is 45.7 Å². The summed E-state index contributed by atoms with van der Waals surface area (Å²) in [6.07, 6.45) is 5.13. The molecular formula is C19H17N2O3S-. The van der Waals surface area contributed by atoms with E-state index in [1.54, 1.807) is 4.57 Å². The Morgan fingerprint density at radius 1 is 1.28 bits per heavy atom. The highest BCUT2D eigenvalue weighted by Gasteiger charge is 2.45. The minimum Gasteiger partial charge on any atom is -0.549 e. The third-order valence-electron chi connectivity index (χ3n) is 5.89. The second-order valence-corrected chi connectivity index (χ2v) is 8.45. The summed E-state index contributed by atoms with van der Waals surface area (Å²) in [7, 11) is 0. The number of fused-ring (bicyclic) bond motifs is 5. The van der Waals surface area contributed by atoms with E-state index in [-0.39, 0.29) is 17.5 Å². The molecule has 3 aliphatic rings. The number of carboxylic acids is 1. The van der Waals surface area contributed by atoms with Gasteiger partial charge in [0.25, 0.3) is 5.56 Å². The fourth-order valence-corrected chi connectivity index (χ4v) is 5.75. The highest BCUT2D eigenvalue weighted by Crippen LogP contribution is 2.50. The Hall–Kier alpha value is -2.08. The molecule has 128 valence electrons. The second kappa shape index (κ2) is 5.21. The zero-order valence-electron chi connectivity index (χ0n) is 13.7. The van der Waals surface area contributed by atoms with Crippen molar-refractivity contribution in [2.45, 2.75) is 54.5 Å². The van der Waals surface area contributed by atoms with E-state index in [1.807, 2.05) is 18.2 Å². The fourth-order valence-electron chi connectivity index (χ4n) is 4.75. The van der Waals surface area contributed by atoms with E-state index in [1.165, 1.54) is 5.56 Å². The van der Waals surface area contributed by atoms with Crippen LogP contribution in [-0.4, -0.2) is 20.8 Å². The van der Waals surface area contributed by atoms with Gasteiger partial charge in [-0.15, -0.1) is 0 Å². The summed E-state index contributed by atoms with van der Waals surface area (Å²) in [6, 6.07) is 8.16. The molecule has 1 spiro atoms. The predicted molar refractivity (Wildman–Crippen MR) is 92.4 cm³/mol. The Labute approximate surface area is 149 Å². The monoisotopic (exact) mass is 353 g/mol. The van der Waals surface area contributed by atoms with Crippen molar-refractivity contribution < 1.29 is 9.90 Å². The number of carbonyl (C=O) groups excluding carboxylic acids is 1. The Morgan fingerprint density at radius 3 is 2.80 bits per heavy atom. The average molecular weight is 353 g/mol. The Balaban J connectivity index is 1.79. The van der Waals surface area contributed by atoms with Crippen LogP contribution in [0, 0.1) is 0 Å². The van der Waals surface area contributed by atoms with Crippen LogP contribution >= 0.6 is 11.8 Å². The van der Waals surface area contributed by atoms with Gasteiger partial charge in [-0.25, -0.2) is 4.98 Å². The number of hydrogen-bond donors (Lipinski definition) is 0. The maximum absolute atomic E-state index is 13.3. The lowest BCUT2D eigenvalue weighted by Gasteiger charge is -2.36. The van der Waals surface area contributed by atoms with Gasteiger partial charge in [0.05, 0.1) is 22.5 Å². The van der Waals surface area contributed by atoms with E-state index in [2.05, 4.69) is 6.07 Å². The van der Waals surface area contributed by atoms with Gasteiger partial charge in [-0.05, 0) is 24.8 Å². The molecule has 1 aromatic heterocycles. The molecule has 1 atom stereocenters. The van der Waals surface area contributed by atoms with Crippen molar-refractivity contribution in [1.82, 2.24) is 9.55 Å². The third kappa shape index (κ3) is 2.06. The molecule has 1 unspecified atom stereocenters. The van der Waals surface area contributed by atoms with E-state index in [0.717, 1.165) is 60.7 Å². The molecule has 6 heteroatoms. The molecule has 2 heterocycles. The number of nitrogens with zero attached hydrogens (tertiary/aromatic N) is 2. The smallest absolute Gasteiger partial charge is 0.258 e. The molecule has 0 amide bonds. The molecule has 2 aliphatic carbocycles. The number of aliphatic carboxylic acids is 1. The van der Waals surface area contributed by atoms with E-state index in [9.17, 15) is 14.7 Å². The number of aromatic nitrogens is 2. The summed E-state index contributed by atoms with van der Waals surface area (Å²) in [5.74, 6) is -1.14. The van der Waals surface area contributed by atoms with Gasteiger partial charge in [0.1, 0.15) is 0 Å². The van der Waals surface area contributed by atoms with Crippen LogP contribution in [0.1, 0.15) is 36.8 Å². The van der Waals surface area contributed by atoms with Gasteiger partial charge < -0.3 is 9.90 Å².